The van der Waals surface area contributed by atoms with Gasteiger partial charge in [-0.2, -0.15) is 0 Å². The first-order valence-electron chi connectivity index (χ1n) is 5.53. The molecule has 0 spiro atoms. The topological polar surface area (TPSA) is 89.7 Å². The first kappa shape index (κ1) is 14.7. The van der Waals surface area contributed by atoms with Crippen molar-refractivity contribution in [2.75, 3.05) is 0 Å². The number of nitrogens with zero attached hydrogens (tertiary/aromatic N) is 1. The van der Waals surface area contributed by atoms with E-state index >= 15 is 0 Å². The zero-order valence-electron chi connectivity index (χ0n) is 10.2. The van der Waals surface area contributed by atoms with E-state index in [-0.39, 0.29) is 22.1 Å². The SMILES string of the molecule is O=C(O)c1ccc(Oc2cc(F)ccc2[N+](=O)[O-])c(Cl)c1. The highest BCUT2D eigenvalue weighted by Crippen LogP contribution is 2.35. The van der Waals surface area contributed by atoms with Crippen molar-refractivity contribution >= 4 is 23.3 Å². The Morgan fingerprint density at radius 3 is 2.52 bits per heavy atom. The Morgan fingerprint density at radius 2 is 1.95 bits per heavy atom. The largest absolute Gasteiger partial charge is 0.478 e. The van der Waals surface area contributed by atoms with Gasteiger partial charge in [0.05, 0.1) is 15.5 Å². The quantitative estimate of drug-likeness (QED) is 0.683. The van der Waals surface area contributed by atoms with Gasteiger partial charge in [0.25, 0.3) is 0 Å². The van der Waals surface area contributed by atoms with Crippen LogP contribution in [0, 0.1) is 15.9 Å². The minimum Gasteiger partial charge on any atom is -0.478 e. The summed E-state index contributed by atoms with van der Waals surface area (Å²) in [4.78, 5) is 20.9. The molecular weight excluding hydrogens is 305 g/mol. The normalized spacial score (nSPS) is 10.2. The zero-order valence-corrected chi connectivity index (χ0v) is 11.0. The summed E-state index contributed by atoms with van der Waals surface area (Å²) in [7, 11) is 0. The smallest absolute Gasteiger partial charge is 0.335 e. The minimum absolute atomic E-state index is 0.0182. The van der Waals surface area contributed by atoms with Gasteiger partial charge in [0, 0.05) is 12.1 Å². The highest BCUT2D eigenvalue weighted by molar-refractivity contribution is 6.32. The number of rotatable bonds is 4. The fraction of sp³-hybridized carbons (Fsp3) is 0. The predicted octanol–water partition coefficient (Wildman–Crippen LogP) is 3.88. The van der Waals surface area contributed by atoms with Crippen LogP contribution >= 0.6 is 11.6 Å². The first-order valence-corrected chi connectivity index (χ1v) is 5.91. The van der Waals surface area contributed by atoms with Crippen LogP contribution in [-0.2, 0) is 0 Å². The summed E-state index contributed by atoms with van der Waals surface area (Å²) in [5.74, 6) is -2.24. The third kappa shape index (κ3) is 3.26. The summed E-state index contributed by atoms with van der Waals surface area (Å²) in [5, 5.41) is 19.6. The van der Waals surface area contributed by atoms with Crippen molar-refractivity contribution < 1.29 is 24.0 Å². The Kier molecular flexibility index (Phi) is 4.04. The Balaban J connectivity index is 2.40. The highest BCUT2D eigenvalue weighted by Gasteiger charge is 2.18. The lowest BCUT2D eigenvalue weighted by Crippen LogP contribution is -1.97. The summed E-state index contributed by atoms with van der Waals surface area (Å²) in [6.45, 7) is 0. The molecule has 0 amide bonds. The predicted molar refractivity (Wildman–Crippen MR) is 71.5 cm³/mol. The van der Waals surface area contributed by atoms with E-state index in [2.05, 4.69) is 0 Å². The molecule has 2 aromatic rings. The van der Waals surface area contributed by atoms with Crippen LogP contribution < -0.4 is 4.74 Å². The molecule has 0 unspecified atom stereocenters. The minimum atomic E-state index is -1.18. The van der Waals surface area contributed by atoms with Crippen molar-refractivity contribution in [1.82, 2.24) is 0 Å². The average molecular weight is 312 g/mol. The molecular formula is C13H7ClFNO5. The number of carboxylic acids is 1. The molecule has 0 fully saturated rings. The van der Waals surface area contributed by atoms with Gasteiger partial charge in [-0.05, 0) is 24.3 Å². The average Bonchev–Trinajstić information content (AvgIpc) is 2.40. The van der Waals surface area contributed by atoms with Crippen LogP contribution in [0.4, 0.5) is 10.1 Å². The lowest BCUT2D eigenvalue weighted by atomic mass is 10.2. The molecule has 8 heteroatoms. The van der Waals surface area contributed by atoms with Gasteiger partial charge >= 0.3 is 11.7 Å². The Morgan fingerprint density at radius 1 is 1.24 bits per heavy atom. The number of hydrogen-bond donors (Lipinski definition) is 1. The second-order valence-electron chi connectivity index (χ2n) is 3.92. The van der Waals surface area contributed by atoms with Gasteiger partial charge in [0.2, 0.25) is 5.75 Å². The standard InChI is InChI=1S/C13H7ClFNO5/c14-9-5-7(13(17)18)1-4-11(9)21-12-6-8(15)2-3-10(12)16(19)20/h1-6H,(H,17,18). The molecule has 0 atom stereocenters. The molecule has 2 rings (SSSR count). The second-order valence-corrected chi connectivity index (χ2v) is 4.33. The van der Waals surface area contributed by atoms with Gasteiger partial charge in [-0.1, -0.05) is 11.6 Å². The number of ether oxygens (including phenoxy) is 1. The molecule has 0 bridgehead atoms. The third-order valence-corrected chi connectivity index (χ3v) is 2.81. The fourth-order valence-corrected chi connectivity index (χ4v) is 1.77. The molecule has 0 radical (unpaired) electrons. The van der Waals surface area contributed by atoms with Gasteiger partial charge in [0.1, 0.15) is 11.6 Å². The van der Waals surface area contributed by atoms with Crippen LogP contribution in [0.15, 0.2) is 36.4 Å². The summed E-state index contributed by atoms with van der Waals surface area (Å²) >= 11 is 5.84. The molecule has 0 aromatic heterocycles. The molecule has 0 aliphatic heterocycles. The fourth-order valence-electron chi connectivity index (χ4n) is 1.56. The van der Waals surface area contributed by atoms with E-state index in [1.165, 1.54) is 12.1 Å². The van der Waals surface area contributed by atoms with Gasteiger partial charge in [-0.15, -0.1) is 0 Å². The second kappa shape index (κ2) is 5.76. The van der Waals surface area contributed by atoms with Crippen molar-refractivity contribution in [1.29, 1.82) is 0 Å². The van der Waals surface area contributed by atoms with Crippen molar-refractivity contribution in [2.24, 2.45) is 0 Å². The Bertz CT molecular complexity index is 734. The number of nitro benzene ring substituents is 1. The number of hydrogen-bond acceptors (Lipinski definition) is 4. The molecule has 0 saturated carbocycles. The molecule has 0 saturated heterocycles. The van der Waals surface area contributed by atoms with Crippen LogP contribution in [0.1, 0.15) is 10.4 Å². The van der Waals surface area contributed by atoms with Crippen LogP contribution in [-0.4, -0.2) is 16.0 Å². The molecule has 2 aromatic carbocycles. The summed E-state index contributed by atoms with van der Waals surface area (Å²) in [6, 6.07) is 6.32. The van der Waals surface area contributed by atoms with E-state index in [4.69, 9.17) is 21.4 Å². The lowest BCUT2D eigenvalue weighted by molar-refractivity contribution is -0.385. The van der Waals surface area contributed by atoms with Crippen LogP contribution in [0.25, 0.3) is 0 Å². The van der Waals surface area contributed by atoms with Crippen molar-refractivity contribution in [3.63, 3.8) is 0 Å². The zero-order chi connectivity index (χ0) is 15.6. The van der Waals surface area contributed by atoms with Gasteiger partial charge in [-0.25, -0.2) is 9.18 Å². The molecule has 1 N–H and O–H groups in total. The van der Waals surface area contributed by atoms with Crippen LogP contribution in [0.3, 0.4) is 0 Å². The summed E-state index contributed by atoms with van der Waals surface area (Å²) in [6.07, 6.45) is 0. The van der Waals surface area contributed by atoms with Crippen molar-refractivity contribution in [3.8, 4) is 11.5 Å². The van der Waals surface area contributed by atoms with Gasteiger partial charge in [0.15, 0.2) is 0 Å². The Labute approximate surface area is 122 Å². The van der Waals surface area contributed by atoms with Crippen LogP contribution in [0.5, 0.6) is 11.5 Å². The number of nitro groups is 1. The van der Waals surface area contributed by atoms with E-state index in [0.29, 0.717) is 0 Å². The van der Waals surface area contributed by atoms with E-state index in [9.17, 15) is 19.3 Å². The highest BCUT2D eigenvalue weighted by atomic mass is 35.5. The van der Waals surface area contributed by atoms with Crippen molar-refractivity contribution in [3.05, 3.63) is 62.9 Å². The van der Waals surface area contributed by atoms with E-state index < -0.39 is 22.4 Å². The molecule has 0 aliphatic rings. The number of aromatic carboxylic acids is 1. The maximum Gasteiger partial charge on any atom is 0.335 e. The van der Waals surface area contributed by atoms with Crippen LogP contribution in [0.2, 0.25) is 5.02 Å². The van der Waals surface area contributed by atoms with E-state index in [1.54, 1.807) is 0 Å². The maximum atomic E-state index is 13.2. The van der Waals surface area contributed by atoms with Crippen molar-refractivity contribution in [2.45, 2.75) is 0 Å². The first-order chi connectivity index (χ1) is 9.88. The van der Waals surface area contributed by atoms with E-state index in [1.807, 2.05) is 0 Å². The number of carbonyl (C=O) groups is 1. The van der Waals surface area contributed by atoms with Gasteiger partial charge in [-0.3, -0.25) is 10.1 Å². The molecule has 108 valence electrons. The third-order valence-electron chi connectivity index (χ3n) is 2.52. The number of carboxylic acid groups (broad SMARTS) is 1. The monoisotopic (exact) mass is 311 g/mol. The maximum absolute atomic E-state index is 13.2. The summed E-state index contributed by atoms with van der Waals surface area (Å²) < 4.78 is 18.4. The number of halogens is 2. The molecule has 21 heavy (non-hydrogen) atoms. The lowest BCUT2D eigenvalue weighted by Gasteiger charge is -2.08. The van der Waals surface area contributed by atoms with Gasteiger partial charge < -0.3 is 9.84 Å². The molecule has 6 nitrogen and oxygen atoms in total. The Hall–Kier alpha value is -2.67. The molecule has 0 aliphatic carbocycles. The number of benzene rings is 2. The summed E-state index contributed by atoms with van der Waals surface area (Å²) in [5.41, 5.74) is -0.504. The molecule has 0 heterocycles. The van der Waals surface area contributed by atoms with E-state index in [0.717, 1.165) is 24.3 Å².